The minimum absolute atomic E-state index is 0.0549. The maximum atomic E-state index is 10.7. The standard InChI is InChI=1S/C16H14O6.C9H10O4.C9H10O3/c17-15(18)11-1-5-13(6-2-11)21-9-10-22-14-7-3-12(4-8-14)16(19)20;10-5-6-13-8-3-1-7(2-4-8)9(11)12;10-6-5-7-1-3-8(4-2-7)9(11)12/h1-8H,9-10H2,(H,17,18)(H,19,20);1-4,10H,5-6H2,(H,11,12);1-4,10H,5-6H2,(H,11,12). The lowest BCUT2D eigenvalue weighted by Crippen LogP contribution is -2.09. The smallest absolute Gasteiger partial charge is 0.335 e. The first-order valence-corrected chi connectivity index (χ1v) is 14.0. The van der Waals surface area contributed by atoms with Crippen LogP contribution in [0.3, 0.4) is 0 Å². The van der Waals surface area contributed by atoms with Crippen molar-refractivity contribution in [1.29, 1.82) is 0 Å². The van der Waals surface area contributed by atoms with E-state index >= 15 is 0 Å². The fraction of sp³-hybridized carbons (Fsp3) is 0.176. The summed E-state index contributed by atoms with van der Waals surface area (Å²) in [5.74, 6) is -2.21. The number of rotatable bonds is 14. The third-order valence-electron chi connectivity index (χ3n) is 5.89. The Hall–Kier alpha value is -5.92. The van der Waals surface area contributed by atoms with Crippen molar-refractivity contribution in [2.24, 2.45) is 0 Å². The van der Waals surface area contributed by atoms with Gasteiger partial charge in [-0.1, -0.05) is 12.1 Å². The van der Waals surface area contributed by atoms with Crippen LogP contribution in [0.5, 0.6) is 17.2 Å². The van der Waals surface area contributed by atoms with Crippen molar-refractivity contribution in [1.82, 2.24) is 0 Å². The van der Waals surface area contributed by atoms with Gasteiger partial charge in [0, 0.05) is 6.61 Å². The van der Waals surface area contributed by atoms with E-state index in [0.717, 1.165) is 5.56 Å². The number of ether oxygens (including phenoxy) is 3. The molecule has 0 amide bonds. The molecule has 0 atom stereocenters. The largest absolute Gasteiger partial charge is 0.491 e. The lowest BCUT2D eigenvalue weighted by molar-refractivity contribution is 0.0686. The van der Waals surface area contributed by atoms with E-state index < -0.39 is 23.9 Å². The summed E-state index contributed by atoms with van der Waals surface area (Å²) < 4.78 is 15.9. The molecule has 47 heavy (non-hydrogen) atoms. The second-order valence-corrected chi connectivity index (χ2v) is 9.23. The van der Waals surface area contributed by atoms with E-state index in [-0.39, 0.29) is 55.3 Å². The van der Waals surface area contributed by atoms with Gasteiger partial charge in [-0.25, -0.2) is 19.2 Å². The molecule has 0 aliphatic heterocycles. The minimum Gasteiger partial charge on any atom is -0.491 e. The van der Waals surface area contributed by atoms with Crippen LogP contribution in [-0.2, 0) is 6.42 Å². The molecule has 0 fully saturated rings. The lowest BCUT2D eigenvalue weighted by Gasteiger charge is -2.08. The third-order valence-corrected chi connectivity index (χ3v) is 5.89. The number of aliphatic hydroxyl groups excluding tert-OH is 2. The Morgan fingerprint density at radius 2 is 0.681 bits per heavy atom. The number of hydrogen-bond acceptors (Lipinski definition) is 9. The van der Waals surface area contributed by atoms with E-state index in [2.05, 4.69) is 0 Å². The number of aliphatic hydroxyl groups is 2. The summed E-state index contributed by atoms with van der Waals surface area (Å²) in [4.78, 5) is 42.3. The van der Waals surface area contributed by atoms with Crippen molar-refractivity contribution in [3.63, 3.8) is 0 Å². The topological polar surface area (TPSA) is 217 Å². The molecule has 6 N–H and O–H groups in total. The first kappa shape index (κ1) is 37.3. The van der Waals surface area contributed by atoms with Crippen molar-refractivity contribution in [3.05, 3.63) is 125 Å². The summed E-state index contributed by atoms with van der Waals surface area (Å²) in [6.45, 7) is 0.819. The predicted molar refractivity (Wildman–Crippen MR) is 168 cm³/mol. The summed E-state index contributed by atoms with van der Waals surface area (Å²) in [6.07, 6.45) is 0.569. The van der Waals surface area contributed by atoms with Gasteiger partial charge in [0.1, 0.15) is 37.1 Å². The number of benzene rings is 4. The number of hydrogen-bond donors (Lipinski definition) is 6. The van der Waals surface area contributed by atoms with E-state index in [1.54, 1.807) is 48.5 Å². The molecule has 0 spiro atoms. The molecular weight excluding hydrogens is 616 g/mol. The van der Waals surface area contributed by atoms with Crippen molar-refractivity contribution in [2.75, 3.05) is 33.0 Å². The quantitative estimate of drug-likeness (QED) is 0.106. The van der Waals surface area contributed by atoms with Gasteiger partial charge in [-0.3, -0.25) is 0 Å². The van der Waals surface area contributed by atoms with Crippen LogP contribution in [0.15, 0.2) is 97.1 Å². The molecule has 0 bridgehead atoms. The Balaban J connectivity index is 0.000000263. The monoisotopic (exact) mass is 650 g/mol. The molecule has 13 nitrogen and oxygen atoms in total. The lowest BCUT2D eigenvalue weighted by atomic mass is 10.1. The zero-order valence-corrected chi connectivity index (χ0v) is 25.0. The van der Waals surface area contributed by atoms with E-state index in [9.17, 15) is 19.2 Å². The molecule has 13 heteroatoms. The summed E-state index contributed by atoms with van der Waals surface area (Å²) in [5, 5.41) is 51.7. The van der Waals surface area contributed by atoms with Gasteiger partial charge in [-0.2, -0.15) is 0 Å². The minimum atomic E-state index is -0.986. The Labute approximate surface area is 269 Å². The van der Waals surface area contributed by atoms with Crippen molar-refractivity contribution in [2.45, 2.75) is 6.42 Å². The summed E-state index contributed by atoms with van der Waals surface area (Å²) in [6, 6.07) is 24.6. The van der Waals surface area contributed by atoms with Crippen LogP contribution in [0, 0.1) is 0 Å². The van der Waals surface area contributed by atoms with Gasteiger partial charge in [-0.05, 0) is 96.9 Å². The average molecular weight is 651 g/mol. The van der Waals surface area contributed by atoms with Crippen LogP contribution >= 0.6 is 0 Å². The average Bonchev–Trinajstić information content (AvgIpc) is 3.07. The molecule has 4 aromatic carbocycles. The first-order valence-electron chi connectivity index (χ1n) is 14.0. The van der Waals surface area contributed by atoms with Crippen molar-refractivity contribution in [3.8, 4) is 17.2 Å². The van der Waals surface area contributed by atoms with Crippen LogP contribution < -0.4 is 14.2 Å². The molecule has 4 rings (SSSR count). The Bertz CT molecular complexity index is 1490. The highest BCUT2D eigenvalue weighted by Gasteiger charge is 2.05. The van der Waals surface area contributed by atoms with E-state index in [4.69, 9.17) is 44.8 Å². The number of carbonyl (C=O) groups is 4. The summed E-state index contributed by atoms with van der Waals surface area (Å²) >= 11 is 0. The second kappa shape index (κ2) is 20.2. The van der Waals surface area contributed by atoms with Gasteiger partial charge in [0.25, 0.3) is 0 Å². The molecular formula is C34H34O13. The van der Waals surface area contributed by atoms with E-state index in [1.807, 2.05) is 0 Å². The normalized spacial score (nSPS) is 9.83. The molecule has 0 heterocycles. The van der Waals surface area contributed by atoms with Crippen LogP contribution in [0.4, 0.5) is 0 Å². The Morgan fingerprint density at radius 3 is 0.936 bits per heavy atom. The molecule has 4 aromatic rings. The van der Waals surface area contributed by atoms with Gasteiger partial charge in [0.15, 0.2) is 0 Å². The molecule has 0 unspecified atom stereocenters. The molecule has 0 saturated carbocycles. The SMILES string of the molecule is O=C(O)c1ccc(CCO)cc1.O=C(O)c1ccc(OCCO)cc1.O=C(O)c1ccc(OCCOc2ccc(C(=O)O)cc2)cc1. The molecule has 0 saturated heterocycles. The van der Waals surface area contributed by atoms with Gasteiger partial charge in [0.2, 0.25) is 0 Å². The van der Waals surface area contributed by atoms with Crippen LogP contribution in [0.2, 0.25) is 0 Å². The zero-order valence-electron chi connectivity index (χ0n) is 25.0. The number of carboxylic acids is 4. The first-order chi connectivity index (χ1) is 22.5. The zero-order chi connectivity index (χ0) is 34.6. The third kappa shape index (κ3) is 14.2. The number of aromatic carboxylic acids is 4. The Kier molecular flexibility index (Phi) is 16.0. The van der Waals surface area contributed by atoms with E-state index in [0.29, 0.717) is 23.7 Å². The maximum Gasteiger partial charge on any atom is 0.335 e. The van der Waals surface area contributed by atoms with Crippen LogP contribution in [0.1, 0.15) is 47.0 Å². The molecule has 0 aliphatic rings. The van der Waals surface area contributed by atoms with Gasteiger partial charge < -0.3 is 44.8 Å². The fourth-order valence-corrected chi connectivity index (χ4v) is 3.51. The van der Waals surface area contributed by atoms with Crippen molar-refractivity contribution < 1.29 is 64.0 Å². The molecule has 0 aromatic heterocycles. The van der Waals surface area contributed by atoms with Gasteiger partial charge in [0.05, 0.1) is 28.9 Å². The highest BCUT2D eigenvalue weighted by molar-refractivity contribution is 5.89. The summed E-state index contributed by atoms with van der Waals surface area (Å²) in [7, 11) is 0. The van der Waals surface area contributed by atoms with Gasteiger partial charge in [-0.15, -0.1) is 0 Å². The highest BCUT2D eigenvalue weighted by atomic mass is 16.5. The molecule has 248 valence electrons. The van der Waals surface area contributed by atoms with Crippen LogP contribution in [0.25, 0.3) is 0 Å². The summed E-state index contributed by atoms with van der Waals surface area (Å²) in [5.41, 5.74) is 1.83. The maximum absolute atomic E-state index is 10.7. The van der Waals surface area contributed by atoms with Gasteiger partial charge >= 0.3 is 23.9 Å². The van der Waals surface area contributed by atoms with E-state index in [1.165, 1.54) is 48.5 Å². The number of carboxylic acid groups (broad SMARTS) is 4. The fourth-order valence-electron chi connectivity index (χ4n) is 3.51. The van der Waals surface area contributed by atoms with Crippen LogP contribution in [-0.4, -0.2) is 87.6 Å². The second-order valence-electron chi connectivity index (χ2n) is 9.23. The molecule has 0 aliphatic carbocycles. The molecule has 0 radical (unpaired) electrons. The Morgan fingerprint density at radius 1 is 0.404 bits per heavy atom. The highest BCUT2D eigenvalue weighted by Crippen LogP contribution is 2.14. The van der Waals surface area contributed by atoms with Crippen molar-refractivity contribution >= 4 is 23.9 Å². The predicted octanol–water partition coefficient (Wildman–Crippen LogP) is 4.22.